The summed E-state index contributed by atoms with van der Waals surface area (Å²) in [6, 6.07) is 1.54. The molecule has 1 saturated carbocycles. The molecule has 1 aliphatic carbocycles. The molecule has 0 aliphatic heterocycles. The van der Waals surface area contributed by atoms with Crippen molar-refractivity contribution in [2.24, 2.45) is 5.73 Å². The van der Waals surface area contributed by atoms with Crippen molar-refractivity contribution in [2.45, 2.75) is 24.7 Å². The van der Waals surface area contributed by atoms with Gasteiger partial charge in [0.25, 0.3) is 0 Å². The molecule has 0 aromatic heterocycles. The fourth-order valence-electron chi connectivity index (χ4n) is 2.60. The van der Waals surface area contributed by atoms with E-state index in [1.807, 2.05) is 0 Å². The lowest BCUT2D eigenvalue weighted by Crippen LogP contribution is -2.41. The predicted molar refractivity (Wildman–Crippen MR) is 70.8 cm³/mol. The molecule has 100 valence electrons. The lowest BCUT2D eigenvalue weighted by Gasteiger charge is -2.42. The van der Waals surface area contributed by atoms with Crippen molar-refractivity contribution in [3.63, 3.8) is 0 Å². The number of ether oxygens (including phenoxy) is 2. The molecule has 0 atom stereocenters. The summed E-state index contributed by atoms with van der Waals surface area (Å²) >= 11 is 6.35. The third-order valence-electron chi connectivity index (χ3n) is 3.82. The molecule has 1 fully saturated rings. The van der Waals surface area contributed by atoms with Crippen LogP contribution in [0.25, 0.3) is 0 Å². The molecule has 1 aromatic rings. The summed E-state index contributed by atoms with van der Waals surface area (Å²) in [5.41, 5.74) is 6.33. The van der Waals surface area contributed by atoms with Gasteiger partial charge in [-0.05, 0) is 12.8 Å². The summed E-state index contributed by atoms with van der Waals surface area (Å²) in [6.45, 7) is 0.468. The van der Waals surface area contributed by atoms with Gasteiger partial charge in [-0.3, -0.25) is 0 Å². The van der Waals surface area contributed by atoms with Gasteiger partial charge in [0.2, 0.25) is 0 Å². The number of aromatic hydroxyl groups is 1. The third-order valence-corrected chi connectivity index (χ3v) is 4.18. The van der Waals surface area contributed by atoms with Gasteiger partial charge in [-0.2, -0.15) is 0 Å². The number of halogens is 1. The quantitative estimate of drug-likeness (QED) is 0.883. The second kappa shape index (κ2) is 4.86. The first kappa shape index (κ1) is 13.3. The smallest absolute Gasteiger partial charge is 0.179 e. The van der Waals surface area contributed by atoms with Gasteiger partial charge in [0, 0.05) is 23.6 Å². The van der Waals surface area contributed by atoms with E-state index in [9.17, 15) is 5.11 Å². The van der Waals surface area contributed by atoms with E-state index >= 15 is 0 Å². The number of hydrogen-bond acceptors (Lipinski definition) is 4. The van der Waals surface area contributed by atoms with E-state index in [-0.39, 0.29) is 11.2 Å². The van der Waals surface area contributed by atoms with E-state index in [4.69, 9.17) is 26.8 Å². The topological polar surface area (TPSA) is 64.7 Å². The first-order chi connectivity index (χ1) is 8.59. The minimum Gasteiger partial charge on any atom is -0.507 e. The van der Waals surface area contributed by atoms with Gasteiger partial charge >= 0.3 is 0 Å². The van der Waals surface area contributed by atoms with Crippen LogP contribution in [0.2, 0.25) is 5.02 Å². The Morgan fingerprint density at radius 2 is 2.06 bits per heavy atom. The van der Waals surface area contributed by atoms with Crippen molar-refractivity contribution < 1.29 is 14.6 Å². The van der Waals surface area contributed by atoms with Crippen LogP contribution in [0.3, 0.4) is 0 Å². The minimum atomic E-state index is -0.222. The van der Waals surface area contributed by atoms with Crippen LogP contribution in [0.1, 0.15) is 24.8 Å². The molecule has 0 spiro atoms. The number of rotatable bonds is 4. The molecule has 1 aliphatic rings. The average Bonchev–Trinajstić information content (AvgIpc) is 2.31. The molecule has 0 saturated heterocycles. The Balaban J connectivity index is 2.61. The van der Waals surface area contributed by atoms with Crippen LogP contribution in [0, 0.1) is 0 Å². The Morgan fingerprint density at radius 1 is 1.39 bits per heavy atom. The fourth-order valence-corrected chi connectivity index (χ4v) is 3.07. The van der Waals surface area contributed by atoms with E-state index in [0.717, 1.165) is 19.3 Å². The zero-order valence-corrected chi connectivity index (χ0v) is 11.4. The molecular weight excluding hydrogens is 254 g/mol. The highest BCUT2D eigenvalue weighted by molar-refractivity contribution is 6.33. The van der Waals surface area contributed by atoms with Gasteiger partial charge < -0.3 is 20.3 Å². The van der Waals surface area contributed by atoms with Crippen molar-refractivity contribution in [1.29, 1.82) is 0 Å². The molecule has 0 unspecified atom stereocenters. The molecule has 18 heavy (non-hydrogen) atoms. The maximum Gasteiger partial charge on any atom is 0.179 e. The molecule has 2 rings (SSSR count). The monoisotopic (exact) mass is 271 g/mol. The second-order valence-corrected chi connectivity index (χ2v) is 5.04. The molecule has 0 amide bonds. The minimum absolute atomic E-state index is 0.128. The molecular formula is C13H18ClNO3. The van der Waals surface area contributed by atoms with Crippen LogP contribution in [-0.2, 0) is 5.41 Å². The van der Waals surface area contributed by atoms with E-state index < -0.39 is 0 Å². The van der Waals surface area contributed by atoms with Crippen molar-refractivity contribution in [1.82, 2.24) is 0 Å². The van der Waals surface area contributed by atoms with Crippen LogP contribution >= 0.6 is 11.6 Å². The zero-order chi connectivity index (χ0) is 13.3. The van der Waals surface area contributed by atoms with Crippen LogP contribution in [0.4, 0.5) is 0 Å². The molecule has 4 nitrogen and oxygen atoms in total. The van der Waals surface area contributed by atoms with Crippen LogP contribution in [-0.4, -0.2) is 25.9 Å². The third kappa shape index (κ3) is 1.80. The Kier molecular flexibility index (Phi) is 3.59. The number of hydrogen-bond donors (Lipinski definition) is 2. The SMILES string of the molecule is COc1cc(O)c(C2(CN)CCC2)c(Cl)c1OC. The van der Waals surface area contributed by atoms with Crippen LogP contribution in [0.15, 0.2) is 6.07 Å². The Labute approximate surface area is 112 Å². The summed E-state index contributed by atoms with van der Waals surface area (Å²) in [5, 5.41) is 10.6. The van der Waals surface area contributed by atoms with Crippen LogP contribution < -0.4 is 15.2 Å². The molecule has 3 N–H and O–H groups in total. The Morgan fingerprint density at radius 3 is 2.44 bits per heavy atom. The van der Waals surface area contributed by atoms with Gasteiger partial charge in [0.05, 0.1) is 19.2 Å². The number of phenols is 1. The van der Waals surface area contributed by atoms with Gasteiger partial charge in [-0.25, -0.2) is 0 Å². The normalized spacial score (nSPS) is 17.1. The van der Waals surface area contributed by atoms with Gasteiger partial charge in [-0.1, -0.05) is 18.0 Å². The van der Waals surface area contributed by atoms with E-state index in [1.54, 1.807) is 0 Å². The molecule has 0 heterocycles. The largest absolute Gasteiger partial charge is 0.507 e. The molecule has 0 radical (unpaired) electrons. The lowest BCUT2D eigenvalue weighted by molar-refractivity contribution is 0.243. The second-order valence-electron chi connectivity index (χ2n) is 4.66. The first-order valence-corrected chi connectivity index (χ1v) is 6.31. The lowest BCUT2D eigenvalue weighted by atomic mass is 9.64. The highest BCUT2D eigenvalue weighted by Gasteiger charge is 2.42. The van der Waals surface area contributed by atoms with Crippen molar-refractivity contribution >= 4 is 11.6 Å². The summed E-state index contributed by atoms with van der Waals surface area (Å²) in [4.78, 5) is 0. The summed E-state index contributed by atoms with van der Waals surface area (Å²) in [5.74, 6) is 1.00. The standard InChI is InChI=1S/C13H18ClNO3/c1-17-9-6-8(16)10(11(14)12(9)18-2)13(7-15)4-3-5-13/h6,16H,3-5,7,15H2,1-2H3. The predicted octanol–water partition coefficient (Wildman–Crippen LogP) is 2.44. The van der Waals surface area contributed by atoms with Crippen LogP contribution in [0.5, 0.6) is 17.2 Å². The number of methoxy groups -OCH3 is 2. The summed E-state index contributed by atoms with van der Waals surface area (Å²) in [6.07, 6.45) is 2.97. The first-order valence-electron chi connectivity index (χ1n) is 5.93. The zero-order valence-electron chi connectivity index (χ0n) is 10.6. The fraction of sp³-hybridized carbons (Fsp3) is 0.538. The van der Waals surface area contributed by atoms with Gasteiger partial charge in [0.1, 0.15) is 5.75 Å². The molecule has 5 heteroatoms. The highest BCUT2D eigenvalue weighted by atomic mass is 35.5. The maximum atomic E-state index is 10.2. The van der Waals surface area contributed by atoms with Gasteiger partial charge in [-0.15, -0.1) is 0 Å². The number of nitrogens with two attached hydrogens (primary N) is 1. The van der Waals surface area contributed by atoms with E-state index in [2.05, 4.69) is 0 Å². The number of phenolic OH excluding ortho intramolecular Hbond substituents is 1. The maximum absolute atomic E-state index is 10.2. The Bertz CT molecular complexity index is 453. The van der Waals surface area contributed by atoms with E-state index in [0.29, 0.717) is 28.6 Å². The van der Waals surface area contributed by atoms with Crippen molar-refractivity contribution in [3.8, 4) is 17.2 Å². The summed E-state index contributed by atoms with van der Waals surface area (Å²) < 4.78 is 10.4. The van der Waals surface area contributed by atoms with Gasteiger partial charge in [0.15, 0.2) is 11.5 Å². The number of benzene rings is 1. The Hall–Kier alpha value is -1.13. The van der Waals surface area contributed by atoms with Crippen molar-refractivity contribution in [2.75, 3.05) is 20.8 Å². The molecule has 1 aromatic carbocycles. The summed E-state index contributed by atoms with van der Waals surface area (Å²) in [7, 11) is 3.04. The average molecular weight is 272 g/mol. The molecule has 0 bridgehead atoms. The highest BCUT2D eigenvalue weighted by Crippen LogP contribution is 2.53. The van der Waals surface area contributed by atoms with E-state index in [1.165, 1.54) is 20.3 Å². The van der Waals surface area contributed by atoms with Crippen molar-refractivity contribution in [3.05, 3.63) is 16.7 Å².